The Bertz CT molecular complexity index is 673. The van der Waals surface area contributed by atoms with Crippen LogP contribution < -0.4 is 11.3 Å². The molecule has 0 saturated heterocycles. The molecular weight excluding hydrogens is 290 g/mol. The maximum atomic E-state index is 12.6. The van der Waals surface area contributed by atoms with E-state index >= 15 is 0 Å². The summed E-state index contributed by atoms with van der Waals surface area (Å²) >= 11 is 0. The van der Waals surface area contributed by atoms with Crippen LogP contribution in [0.5, 0.6) is 0 Å². The van der Waals surface area contributed by atoms with Gasteiger partial charge in [-0.3, -0.25) is 5.43 Å². The molecule has 0 radical (unpaired) electrons. The van der Waals surface area contributed by atoms with Crippen LogP contribution in [0.15, 0.2) is 47.6 Å². The van der Waals surface area contributed by atoms with Gasteiger partial charge in [-0.25, -0.2) is 24.2 Å². The molecule has 0 bridgehead atoms. The molecule has 0 spiro atoms. The van der Waals surface area contributed by atoms with Crippen molar-refractivity contribution in [1.29, 1.82) is 0 Å². The summed E-state index contributed by atoms with van der Waals surface area (Å²) in [6.45, 7) is 2.45. The number of anilines is 1. The van der Waals surface area contributed by atoms with Crippen LogP contribution in [0, 0.1) is 0 Å². The number of hydrazine groups is 1. The molecule has 0 fully saturated rings. The first-order valence-corrected chi connectivity index (χ1v) is 7.84. The number of rotatable bonds is 6. The van der Waals surface area contributed by atoms with E-state index in [1.54, 1.807) is 6.92 Å². The number of benzene rings is 1. The van der Waals surface area contributed by atoms with Crippen molar-refractivity contribution < 1.29 is 8.42 Å². The quantitative estimate of drug-likeness (QED) is 0.609. The molecule has 1 aromatic heterocycles. The summed E-state index contributed by atoms with van der Waals surface area (Å²) in [7, 11) is -3.63. The summed E-state index contributed by atoms with van der Waals surface area (Å²) in [4.78, 5) is 7.71. The van der Waals surface area contributed by atoms with E-state index < -0.39 is 10.0 Å². The minimum Gasteiger partial charge on any atom is -0.292 e. The predicted molar refractivity (Wildman–Crippen MR) is 79.6 cm³/mol. The summed E-state index contributed by atoms with van der Waals surface area (Å²) in [5, 5.41) is 0. The highest BCUT2D eigenvalue weighted by Gasteiger charge is 2.24. The molecule has 0 aliphatic heterocycles. The maximum absolute atomic E-state index is 12.6. The van der Waals surface area contributed by atoms with Crippen molar-refractivity contribution in [3.8, 4) is 0 Å². The van der Waals surface area contributed by atoms with E-state index in [1.165, 1.54) is 16.7 Å². The second-order valence-electron chi connectivity index (χ2n) is 4.30. The molecule has 0 amide bonds. The van der Waals surface area contributed by atoms with Crippen molar-refractivity contribution in [2.45, 2.75) is 18.4 Å². The van der Waals surface area contributed by atoms with Gasteiger partial charge in [0.05, 0.1) is 12.4 Å². The number of nitrogens with two attached hydrogens (primary N) is 1. The molecule has 21 heavy (non-hydrogen) atoms. The van der Waals surface area contributed by atoms with E-state index in [-0.39, 0.29) is 10.8 Å². The third-order valence-corrected chi connectivity index (χ3v) is 4.82. The molecule has 0 unspecified atom stereocenters. The Hall–Kier alpha value is -2.03. The van der Waals surface area contributed by atoms with Crippen LogP contribution in [-0.2, 0) is 16.6 Å². The Balaban J connectivity index is 2.26. The van der Waals surface area contributed by atoms with E-state index in [4.69, 9.17) is 5.84 Å². The fourth-order valence-corrected chi connectivity index (χ4v) is 3.16. The number of nitrogens with zero attached hydrogens (tertiary/aromatic N) is 3. The molecule has 0 atom stereocenters. The van der Waals surface area contributed by atoms with Crippen LogP contribution in [-0.4, -0.2) is 29.2 Å². The first-order valence-electron chi connectivity index (χ1n) is 6.40. The van der Waals surface area contributed by atoms with E-state index in [0.29, 0.717) is 13.1 Å². The normalized spacial score (nSPS) is 11.6. The van der Waals surface area contributed by atoms with E-state index in [1.807, 2.05) is 30.3 Å². The lowest BCUT2D eigenvalue weighted by Crippen LogP contribution is -2.30. The summed E-state index contributed by atoms with van der Waals surface area (Å²) in [6, 6.07) is 9.41. The molecule has 2 rings (SSSR count). The maximum Gasteiger partial charge on any atom is 0.246 e. The van der Waals surface area contributed by atoms with Gasteiger partial charge in [-0.05, 0) is 5.56 Å². The topological polar surface area (TPSA) is 101 Å². The highest BCUT2D eigenvalue weighted by Crippen LogP contribution is 2.17. The van der Waals surface area contributed by atoms with Gasteiger partial charge in [-0.2, -0.15) is 4.31 Å². The van der Waals surface area contributed by atoms with Crippen LogP contribution in [0.2, 0.25) is 0 Å². The van der Waals surface area contributed by atoms with Gasteiger partial charge in [0.25, 0.3) is 0 Å². The Labute approximate surface area is 123 Å². The molecular formula is C13H17N5O2S. The van der Waals surface area contributed by atoms with Gasteiger partial charge in [-0.1, -0.05) is 37.3 Å². The van der Waals surface area contributed by atoms with Gasteiger partial charge in [0, 0.05) is 13.1 Å². The highest BCUT2D eigenvalue weighted by atomic mass is 32.2. The van der Waals surface area contributed by atoms with E-state index in [2.05, 4.69) is 15.4 Å². The summed E-state index contributed by atoms with van der Waals surface area (Å²) < 4.78 is 26.5. The van der Waals surface area contributed by atoms with Crippen molar-refractivity contribution in [3.05, 3.63) is 48.3 Å². The van der Waals surface area contributed by atoms with Crippen LogP contribution in [0.4, 0.5) is 5.95 Å². The number of aromatic nitrogens is 2. The molecule has 8 heteroatoms. The lowest BCUT2D eigenvalue weighted by molar-refractivity contribution is 0.423. The third-order valence-electron chi connectivity index (χ3n) is 2.95. The van der Waals surface area contributed by atoms with Gasteiger partial charge < -0.3 is 0 Å². The lowest BCUT2D eigenvalue weighted by Gasteiger charge is -2.20. The zero-order valence-electron chi connectivity index (χ0n) is 11.6. The Kier molecular flexibility index (Phi) is 4.84. The van der Waals surface area contributed by atoms with Crippen LogP contribution in [0.1, 0.15) is 12.5 Å². The summed E-state index contributed by atoms with van der Waals surface area (Å²) in [6.07, 6.45) is 2.48. The largest absolute Gasteiger partial charge is 0.292 e. The van der Waals surface area contributed by atoms with Crippen molar-refractivity contribution in [2.24, 2.45) is 5.84 Å². The van der Waals surface area contributed by atoms with Crippen molar-refractivity contribution in [3.63, 3.8) is 0 Å². The second-order valence-corrected chi connectivity index (χ2v) is 6.24. The smallest absolute Gasteiger partial charge is 0.246 e. The zero-order chi connectivity index (χ0) is 15.3. The second kappa shape index (κ2) is 6.61. The average Bonchev–Trinajstić information content (AvgIpc) is 2.53. The highest BCUT2D eigenvalue weighted by molar-refractivity contribution is 7.89. The molecule has 1 heterocycles. The van der Waals surface area contributed by atoms with Gasteiger partial charge in [0.2, 0.25) is 16.0 Å². The minimum atomic E-state index is -3.63. The minimum absolute atomic E-state index is 0.0410. The standard InChI is InChI=1S/C13H17N5O2S/c1-2-18(10-11-6-4-3-5-7-11)21(19,20)12-8-15-13(17-14)16-9-12/h3-9H,2,10,14H2,1H3,(H,15,16,17). The molecule has 2 aromatic rings. The van der Waals surface area contributed by atoms with Crippen LogP contribution >= 0.6 is 0 Å². The van der Waals surface area contributed by atoms with Crippen molar-refractivity contribution in [1.82, 2.24) is 14.3 Å². The summed E-state index contributed by atoms with van der Waals surface area (Å²) in [5.74, 6) is 5.33. The Morgan fingerprint density at radius 1 is 1.19 bits per heavy atom. The number of hydrogen-bond donors (Lipinski definition) is 2. The molecule has 3 N–H and O–H groups in total. The monoisotopic (exact) mass is 307 g/mol. The number of nitrogen functional groups attached to an aromatic ring is 1. The Morgan fingerprint density at radius 3 is 2.33 bits per heavy atom. The third kappa shape index (κ3) is 3.54. The SMILES string of the molecule is CCN(Cc1ccccc1)S(=O)(=O)c1cnc(NN)nc1. The number of nitrogens with one attached hydrogen (secondary N) is 1. The average molecular weight is 307 g/mol. The lowest BCUT2D eigenvalue weighted by atomic mass is 10.2. The number of hydrogen-bond acceptors (Lipinski definition) is 6. The van der Waals surface area contributed by atoms with Gasteiger partial charge >= 0.3 is 0 Å². The molecule has 0 aliphatic rings. The van der Waals surface area contributed by atoms with Crippen molar-refractivity contribution in [2.75, 3.05) is 12.0 Å². The molecule has 112 valence electrons. The van der Waals surface area contributed by atoms with Crippen LogP contribution in [0.3, 0.4) is 0 Å². The summed E-state index contributed by atoms with van der Waals surface area (Å²) in [5.41, 5.74) is 3.18. The molecule has 7 nitrogen and oxygen atoms in total. The van der Waals surface area contributed by atoms with E-state index in [0.717, 1.165) is 5.56 Å². The van der Waals surface area contributed by atoms with E-state index in [9.17, 15) is 8.42 Å². The van der Waals surface area contributed by atoms with Gasteiger partial charge in [0.15, 0.2) is 0 Å². The fourth-order valence-electron chi connectivity index (χ4n) is 1.83. The first kappa shape index (κ1) is 15.4. The number of sulfonamides is 1. The fraction of sp³-hybridized carbons (Fsp3) is 0.231. The molecule has 1 aromatic carbocycles. The molecule has 0 aliphatic carbocycles. The first-order chi connectivity index (χ1) is 10.1. The van der Waals surface area contributed by atoms with Crippen LogP contribution in [0.25, 0.3) is 0 Å². The predicted octanol–water partition coefficient (Wildman–Crippen LogP) is 0.973. The van der Waals surface area contributed by atoms with Crippen molar-refractivity contribution >= 4 is 16.0 Å². The Morgan fingerprint density at radius 2 is 1.81 bits per heavy atom. The zero-order valence-corrected chi connectivity index (χ0v) is 12.4. The molecule has 0 saturated carbocycles. The van der Waals surface area contributed by atoms with Gasteiger partial charge in [-0.15, -0.1) is 0 Å². The van der Waals surface area contributed by atoms with Gasteiger partial charge in [0.1, 0.15) is 4.90 Å².